The fourth-order valence-electron chi connectivity index (χ4n) is 1.25. The summed E-state index contributed by atoms with van der Waals surface area (Å²) in [5.74, 6) is -0.895. The van der Waals surface area contributed by atoms with Crippen molar-refractivity contribution in [1.29, 1.82) is 0 Å². The Hall–Kier alpha value is -1.26. The molecule has 6 heteroatoms. The van der Waals surface area contributed by atoms with E-state index in [2.05, 4.69) is 9.99 Å². The van der Waals surface area contributed by atoms with E-state index in [0.29, 0.717) is 21.3 Å². The van der Waals surface area contributed by atoms with Crippen molar-refractivity contribution < 1.29 is 14.7 Å². The van der Waals surface area contributed by atoms with Crippen molar-refractivity contribution in [3.05, 3.63) is 33.8 Å². The van der Waals surface area contributed by atoms with Crippen molar-refractivity contribution in [3.63, 3.8) is 0 Å². The van der Waals surface area contributed by atoms with Gasteiger partial charge in [0.15, 0.2) is 0 Å². The highest BCUT2D eigenvalue weighted by molar-refractivity contribution is 6.42. The first-order chi connectivity index (χ1) is 8.04. The van der Waals surface area contributed by atoms with Crippen molar-refractivity contribution in [2.24, 2.45) is 5.16 Å². The van der Waals surface area contributed by atoms with E-state index in [9.17, 15) is 4.79 Å². The number of hydrogen-bond acceptors (Lipinski definition) is 3. The monoisotopic (exact) mass is 275 g/mol. The molecule has 0 unspecified atom stereocenters. The van der Waals surface area contributed by atoms with Crippen LogP contribution in [0.15, 0.2) is 23.4 Å². The minimum atomic E-state index is -0.895. The second kappa shape index (κ2) is 6.47. The maximum atomic E-state index is 10.5. The summed E-state index contributed by atoms with van der Waals surface area (Å²) >= 11 is 11.7. The van der Waals surface area contributed by atoms with E-state index in [1.807, 2.05) is 0 Å². The van der Waals surface area contributed by atoms with Gasteiger partial charge in [-0.15, -0.1) is 0 Å². The van der Waals surface area contributed by atoms with Gasteiger partial charge in [0.1, 0.15) is 7.11 Å². The molecule has 0 aliphatic carbocycles. The van der Waals surface area contributed by atoms with Gasteiger partial charge in [-0.1, -0.05) is 34.4 Å². The largest absolute Gasteiger partial charge is 0.481 e. The second-order valence-electron chi connectivity index (χ2n) is 3.24. The Bertz CT molecular complexity index is 446. The van der Waals surface area contributed by atoms with E-state index in [1.54, 1.807) is 18.2 Å². The highest BCUT2D eigenvalue weighted by atomic mass is 35.5. The standard InChI is InChI=1S/C11H11Cl2NO3/c1-17-14-10(4-5-11(15)16)7-2-3-8(12)9(13)6-7/h2-3,6H,4-5H2,1H3,(H,15,16). The molecule has 0 radical (unpaired) electrons. The molecule has 1 rings (SSSR count). The highest BCUT2D eigenvalue weighted by Crippen LogP contribution is 2.23. The summed E-state index contributed by atoms with van der Waals surface area (Å²) in [5, 5.41) is 13.2. The van der Waals surface area contributed by atoms with Gasteiger partial charge < -0.3 is 9.94 Å². The van der Waals surface area contributed by atoms with Gasteiger partial charge in [0.05, 0.1) is 22.2 Å². The van der Waals surface area contributed by atoms with Crippen LogP contribution in [0.2, 0.25) is 10.0 Å². The molecule has 0 aliphatic rings. The molecule has 0 saturated carbocycles. The number of carboxylic acid groups (broad SMARTS) is 1. The lowest BCUT2D eigenvalue weighted by Gasteiger charge is -2.05. The summed E-state index contributed by atoms with van der Waals surface area (Å²) in [5.41, 5.74) is 1.22. The van der Waals surface area contributed by atoms with Crippen molar-refractivity contribution in [2.45, 2.75) is 12.8 Å². The van der Waals surface area contributed by atoms with Crippen molar-refractivity contribution in [2.75, 3.05) is 7.11 Å². The molecule has 0 fully saturated rings. The van der Waals surface area contributed by atoms with E-state index in [0.717, 1.165) is 0 Å². The van der Waals surface area contributed by atoms with Gasteiger partial charge in [-0.05, 0) is 12.1 Å². The molecule has 1 aromatic carbocycles. The third-order valence-electron chi connectivity index (χ3n) is 2.03. The predicted octanol–water partition coefficient (Wildman–Crippen LogP) is 3.21. The molecule has 0 aliphatic heterocycles. The summed E-state index contributed by atoms with van der Waals surface area (Å²) in [6.07, 6.45) is 0.240. The van der Waals surface area contributed by atoms with Gasteiger partial charge in [-0.3, -0.25) is 4.79 Å². The van der Waals surface area contributed by atoms with E-state index in [1.165, 1.54) is 7.11 Å². The molecule has 92 valence electrons. The molecular formula is C11H11Cl2NO3. The molecule has 17 heavy (non-hydrogen) atoms. The predicted molar refractivity (Wildman–Crippen MR) is 66.9 cm³/mol. The number of carbonyl (C=O) groups is 1. The number of benzene rings is 1. The van der Waals surface area contributed by atoms with Gasteiger partial charge in [0.2, 0.25) is 0 Å². The zero-order chi connectivity index (χ0) is 12.8. The fourth-order valence-corrected chi connectivity index (χ4v) is 1.55. The van der Waals surface area contributed by atoms with Crippen molar-refractivity contribution >= 4 is 34.9 Å². The molecule has 0 amide bonds. The first-order valence-corrected chi connectivity index (χ1v) is 5.57. The van der Waals surface area contributed by atoms with E-state index >= 15 is 0 Å². The Balaban J connectivity index is 2.93. The number of hydrogen-bond donors (Lipinski definition) is 1. The number of aliphatic carboxylic acids is 1. The lowest BCUT2D eigenvalue weighted by molar-refractivity contribution is -0.136. The van der Waals surface area contributed by atoms with Crippen LogP contribution >= 0.6 is 23.2 Å². The summed E-state index contributed by atoms with van der Waals surface area (Å²) in [4.78, 5) is 15.2. The maximum absolute atomic E-state index is 10.5. The average molecular weight is 276 g/mol. The van der Waals surface area contributed by atoms with Gasteiger partial charge in [-0.2, -0.15) is 0 Å². The van der Waals surface area contributed by atoms with Gasteiger partial charge >= 0.3 is 5.97 Å². The fraction of sp³-hybridized carbons (Fsp3) is 0.273. The molecule has 0 saturated heterocycles. The summed E-state index contributed by atoms with van der Waals surface area (Å²) in [6.45, 7) is 0. The smallest absolute Gasteiger partial charge is 0.303 e. The molecule has 0 aromatic heterocycles. The number of rotatable bonds is 5. The van der Waals surface area contributed by atoms with Crippen molar-refractivity contribution in [1.82, 2.24) is 0 Å². The Morgan fingerprint density at radius 3 is 2.59 bits per heavy atom. The topological polar surface area (TPSA) is 58.9 Å². The average Bonchev–Trinajstić information content (AvgIpc) is 2.28. The Labute approximate surface area is 109 Å². The number of oxime groups is 1. The molecule has 0 spiro atoms. The summed E-state index contributed by atoms with van der Waals surface area (Å²) in [6, 6.07) is 4.97. The molecule has 0 heterocycles. The van der Waals surface area contributed by atoms with E-state index < -0.39 is 5.97 Å². The maximum Gasteiger partial charge on any atom is 0.303 e. The van der Waals surface area contributed by atoms with Crippen LogP contribution in [0.3, 0.4) is 0 Å². The first-order valence-electron chi connectivity index (χ1n) is 4.82. The Morgan fingerprint density at radius 1 is 1.35 bits per heavy atom. The molecule has 1 N–H and O–H groups in total. The molecular weight excluding hydrogens is 265 g/mol. The zero-order valence-corrected chi connectivity index (χ0v) is 10.6. The quantitative estimate of drug-likeness (QED) is 0.663. The van der Waals surface area contributed by atoms with Crippen LogP contribution < -0.4 is 0 Å². The lowest BCUT2D eigenvalue weighted by Crippen LogP contribution is -2.06. The Kier molecular flexibility index (Phi) is 5.25. The minimum Gasteiger partial charge on any atom is -0.481 e. The van der Waals surface area contributed by atoms with Crippen LogP contribution in [-0.4, -0.2) is 23.9 Å². The van der Waals surface area contributed by atoms with Crippen LogP contribution in [-0.2, 0) is 9.63 Å². The molecule has 1 aromatic rings. The highest BCUT2D eigenvalue weighted by Gasteiger charge is 2.09. The SMILES string of the molecule is CON=C(CCC(=O)O)c1ccc(Cl)c(Cl)c1. The summed E-state index contributed by atoms with van der Waals surface area (Å²) in [7, 11) is 1.40. The van der Waals surface area contributed by atoms with Crippen LogP contribution in [0, 0.1) is 0 Å². The van der Waals surface area contributed by atoms with E-state index in [4.69, 9.17) is 28.3 Å². The molecule has 0 bridgehead atoms. The lowest BCUT2D eigenvalue weighted by atomic mass is 10.1. The van der Waals surface area contributed by atoms with Crippen LogP contribution in [0.25, 0.3) is 0 Å². The molecule has 4 nitrogen and oxygen atoms in total. The number of carboxylic acids is 1. The zero-order valence-electron chi connectivity index (χ0n) is 9.11. The third-order valence-corrected chi connectivity index (χ3v) is 2.77. The summed E-state index contributed by atoms with van der Waals surface area (Å²) < 4.78 is 0. The van der Waals surface area contributed by atoms with Crippen LogP contribution in [0.5, 0.6) is 0 Å². The number of nitrogens with zero attached hydrogens (tertiary/aromatic N) is 1. The van der Waals surface area contributed by atoms with Crippen LogP contribution in [0.1, 0.15) is 18.4 Å². The van der Waals surface area contributed by atoms with Crippen molar-refractivity contribution in [3.8, 4) is 0 Å². The van der Waals surface area contributed by atoms with E-state index in [-0.39, 0.29) is 12.8 Å². The van der Waals surface area contributed by atoms with Gasteiger partial charge in [-0.25, -0.2) is 0 Å². The van der Waals surface area contributed by atoms with Gasteiger partial charge in [0, 0.05) is 12.0 Å². The van der Waals surface area contributed by atoms with Gasteiger partial charge in [0.25, 0.3) is 0 Å². The third kappa shape index (κ3) is 4.24. The molecule has 0 atom stereocenters. The second-order valence-corrected chi connectivity index (χ2v) is 4.06. The number of halogens is 2. The normalized spacial score (nSPS) is 11.4. The first kappa shape index (κ1) is 13.8. The Morgan fingerprint density at radius 2 is 2.06 bits per heavy atom. The minimum absolute atomic E-state index is 0.0254. The van der Waals surface area contributed by atoms with Crippen LogP contribution in [0.4, 0.5) is 0 Å².